The van der Waals surface area contributed by atoms with Crippen LogP contribution >= 0.6 is 0 Å². The van der Waals surface area contributed by atoms with Crippen molar-refractivity contribution in [3.05, 3.63) is 70.8 Å². The molecule has 2 aliphatic rings. The van der Waals surface area contributed by atoms with E-state index >= 15 is 0 Å². The summed E-state index contributed by atoms with van der Waals surface area (Å²) < 4.78 is 5.89. The summed E-state index contributed by atoms with van der Waals surface area (Å²) in [5.41, 5.74) is 5.18. The first-order chi connectivity index (χ1) is 8.92. The smallest absolute Gasteiger partial charge is 0.351 e. The Labute approximate surface area is 108 Å². The molecule has 84 valence electrons. The van der Waals surface area contributed by atoms with Crippen LogP contribution < -0.4 is 0 Å². The third-order valence-electron chi connectivity index (χ3n) is 3.33. The van der Waals surface area contributed by atoms with Crippen molar-refractivity contribution < 1.29 is 4.43 Å². The van der Waals surface area contributed by atoms with Gasteiger partial charge in [0, 0.05) is 5.56 Å². The van der Waals surface area contributed by atoms with Crippen LogP contribution in [0, 0.1) is 0 Å². The van der Waals surface area contributed by atoms with E-state index in [9.17, 15) is 0 Å². The quantitative estimate of drug-likeness (QED) is 0.751. The summed E-state index contributed by atoms with van der Waals surface area (Å²) in [5, 5.41) is 1.32. The Morgan fingerprint density at radius 3 is 2.11 bits per heavy atom. The number of benzene rings is 2. The molecule has 4 rings (SSSR count). The molecule has 2 aromatic carbocycles. The molecule has 0 bridgehead atoms. The van der Waals surface area contributed by atoms with Gasteiger partial charge < -0.3 is 4.43 Å². The second kappa shape index (κ2) is 3.72. The highest BCUT2D eigenvalue weighted by molar-refractivity contribution is 6.60. The summed E-state index contributed by atoms with van der Waals surface area (Å²) >= 11 is 0. The van der Waals surface area contributed by atoms with Gasteiger partial charge in [-0.25, -0.2) is 0 Å². The lowest BCUT2D eigenvalue weighted by Gasteiger charge is -2.23. The first-order valence-corrected chi connectivity index (χ1v) is 6.88. The van der Waals surface area contributed by atoms with Crippen LogP contribution in [0.2, 0.25) is 0 Å². The number of rotatable bonds is 3. The van der Waals surface area contributed by atoms with Crippen molar-refractivity contribution in [1.82, 2.24) is 0 Å². The van der Waals surface area contributed by atoms with Gasteiger partial charge in [-0.15, -0.1) is 0 Å². The molecule has 0 amide bonds. The van der Waals surface area contributed by atoms with E-state index in [2.05, 4.69) is 60.7 Å². The Kier molecular flexibility index (Phi) is 2.05. The Bertz CT molecular complexity index is 636. The average molecular weight is 246 g/mol. The molecule has 0 unspecified atom stereocenters. The summed E-state index contributed by atoms with van der Waals surface area (Å²) in [4.78, 5) is 0. The molecule has 0 saturated heterocycles. The van der Waals surface area contributed by atoms with Crippen molar-refractivity contribution in [2.24, 2.45) is 0 Å². The first kappa shape index (κ1) is 9.92. The largest absolute Gasteiger partial charge is 0.535 e. The highest BCUT2D eigenvalue weighted by Crippen LogP contribution is 2.35. The van der Waals surface area contributed by atoms with Gasteiger partial charge in [0.25, 0.3) is 0 Å². The molecule has 0 N–H and O–H groups in total. The van der Waals surface area contributed by atoms with E-state index in [1.54, 1.807) is 0 Å². The predicted octanol–water partition coefficient (Wildman–Crippen LogP) is 3.65. The summed E-state index contributed by atoms with van der Waals surface area (Å²) in [6.45, 7) is 0. The van der Waals surface area contributed by atoms with E-state index in [0.717, 1.165) is 5.76 Å². The third-order valence-corrected chi connectivity index (χ3v) is 4.29. The van der Waals surface area contributed by atoms with Crippen LogP contribution in [0.4, 0.5) is 0 Å². The molecule has 0 saturated carbocycles. The fourth-order valence-electron chi connectivity index (χ4n) is 2.29. The van der Waals surface area contributed by atoms with Crippen LogP contribution in [0.1, 0.15) is 22.3 Å². The molecule has 0 aliphatic heterocycles. The van der Waals surface area contributed by atoms with E-state index < -0.39 is 0 Å². The van der Waals surface area contributed by atoms with Crippen molar-refractivity contribution in [2.75, 3.05) is 0 Å². The first-order valence-electron chi connectivity index (χ1n) is 5.97. The van der Waals surface area contributed by atoms with Crippen LogP contribution in [0.5, 0.6) is 0 Å². The van der Waals surface area contributed by atoms with E-state index in [4.69, 9.17) is 4.43 Å². The van der Waals surface area contributed by atoms with Crippen molar-refractivity contribution in [3.8, 4) is 0 Å². The summed E-state index contributed by atoms with van der Waals surface area (Å²) in [7, 11) is 0.403. The maximum atomic E-state index is 5.89. The molecule has 0 atom stereocenters. The van der Waals surface area contributed by atoms with Gasteiger partial charge in [0.05, 0.1) is 0 Å². The zero-order chi connectivity index (χ0) is 11.9. The summed E-state index contributed by atoms with van der Waals surface area (Å²) in [6.07, 6.45) is 4.31. The number of hydrogen-bond acceptors (Lipinski definition) is 1. The lowest BCUT2D eigenvalue weighted by atomic mass is 9.96. The van der Waals surface area contributed by atoms with Crippen molar-refractivity contribution in [3.63, 3.8) is 0 Å². The predicted molar refractivity (Wildman–Crippen MR) is 75.5 cm³/mol. The van der Waals surface area contributed by atoms with Gasteiger partial charge in [-0.1, -0.05) is 54.6 Å². The van der Waals surface area contributed by atoms with E-state index in [0.29, 0.717) is 9.76 Å². The second-order valence-corrected chi connectivity index (χ2v) is 5.39. The van der Waals surface area contributed by atoms with Crippen molar-refractivity contribution in [1.29, 1.82) is 0 Å². The summed E-state index contributed by atoms with van der Waals surface area (Å²) in [5.74, 6) is 1.02. The van der Waals surface area contributed by atoms with Crippen LogP contribution in [-0.4, -0.2) is 9.76 Å². The molecule has 0 spiro atoms. The van der Waals surface area contributed by atoms with Gasteiger partial charge in [0.15, 0.2) is 0 Å². The molecule has 0 heterocycles. The zero-order valence-electron chi connectivity index (χ0n) is 9.68. The second-order valence-electron chi connectivity index (χ2n) is 4.45. The van der Waals surface area contributed by atoms with Crippen LogP contribution in [0.25, 0.3) is 23.1 Å². The average Bonchev–Trinajstić information content (AvgIpc) is 2.35. The standard InChI is InChI=1S/C16H10OSi/c1-3-7-13-11(5-1)9-15(13)17-18-16-10-12-6-2-4-8-14(12)16/h1-10H. The van der Waals surface area contributed by atoms with E-state index in [-0.39, 0.29) is 0 Å². The summed E-state index contributed by atoms with van der Waals surface area (Å²) in [6, 6.07) is 16.8. The fourth-order valence-corrected chi connectivity index (χ4v) is 3.23. The number of fused-ring (bicyclic) bond motifs is 2. The van der Waals surface area contributed by atoms with Crippen LogP contribution in [0.3, 0.4) is 0 Å². The molecule has 2 heteroatoms. The SMILES string of the molecule is C1=C(O[Si]C2=Cc3ccccc32)c2ccccc21. The minimum atomic E-state index is 0.403. The van der Waals surface area contributed by atoms with Gasteiger partial charge in [-0.2, -0.15) is 0 Å². The molecule has 0 fully saturated rings. The van der Waals surface area contributed by atoms with E-state index in [1.807, 2.05) is 0 Å². The highest BCUT2D eigenvalue weighted by Gasteiger charge is 2.21. The lowest BCUT2D eigenvalue weighted by molar-refractivity contribution is 0.560. The Morgan fingerprint density at radius 2 is 1.39 bits per heavy atom. The Morgan fingerprint density at radius 1 is 0.722 bits per heavy atom. The molecule has 1 nitrogen and oxygen atoms in total. The van der Waals surface area contributed by atoms with Gasteiger partial charge in [0.1, 0.15) is 5.76 Å². The third kappa shape index (κ3) is 1.39. The van der Waals surface area contributed by atoms with Gasteiger partial charge >= 0.3 is 9.76 Å². The van der Waals surface area contributed by atoms with Crippen LogP contribution in [-0.2, 0) is 4.43 Å². The minimum Gasteiger partial charge on any atom is -0.535 e. The van der Waals surface area contributed by atoms with Crippen molar-refractivity contribution >= 4 is 32.9 Å². The molecule has 2 aromatic rings. The Hall–Kier alpha value is -2.06. The maximum absolute atomic E-state index is 5.89. The van der Waals surface area contributed by atoms with Gasteiger partial charge in [-0.05, 0) is 28.0 Å². The van der Waals surface area contributed by atoms with E-state index in [1.165, 1.54) is 27.5 Å². The zero-order valence-corrected chi connectivity index (χ0v) is 10.7. The molecular weight excluding hydrogens is 236 g/mol. The van der Waals surface area contributed by atoms with Gasteiger partial charge in [0.2, 0.25) is 0 Å². The van der Waals surface area contributed by atoms with Crippen LogP contribution in [0.15, 0.2) is 48.5 Å². The number of hydrogen-bond donors (Lipinski definition) is 0. The highest BCUT2D eigenvalue weighted by atomic mass is 28.2. The molecule has 18 heavy (non-hydrogen) atoms. The van der Waals surface area contributed by atoms with Crippen molar-refractivity contribution in [2.45, 2.75) is 0 Å². The normalized spacial score (nSPS) is 14.4. The Balaban J connectivity index is 1.46. The monoisotopic (exact) mass is 246 g/mol. The molecule has 2 aliphatic carbocycles. The lowest BCUT2D eigenvalue weighted by Crippen LogP contribution is -2.11. The molecule has 0 aromatic heterocycles. The molecule has 2 radical (unpaired) electrons. The molecular formula is C16H10OSi. The topological polar surface area (TPSA) is 9.23 Å². The fraction of sp³-hybridized carbons (Fsp3) is 0. The maximum Gasteiger partial charge on any atom is 0.351 e. The minimum absolute atomic E-state index is 0.403. The van der Waals surface area contributed by atoms with Gasteiger partial charge in [-0.3, -0.25) is 0 Å².